The third kappa shape index (κ3) is 3.54. The monoisotopic (exact) mass is 348 g/mol. The molecule has 8 heteroatoms. The average Bonchev–Trinajstić information content (AvgIpc) is 2.54. The van der Waals surface area contributed by atoms with Crippen LogP contribution in [-0.2, 0) is 10.0 Å². The number of carboxylic acids is 1. The number of benzene rings is 2. The van der Waals surface area contributed by atoms with Crippen molar-refractivity contribution in [1.82, 2.24) is 5.32 Å². The average molecular weight is 348 g/mol. The fraction of sp³-hybridized carbons (Fsp3) is 0.125. The molecule has 0 heterocycles. The van der Waals surface area contributed by atoms with Gasteiger partial charge in [0.05, 0.1) is 21.7 Å². The Kier molecular flexibility index (Phi) is 4.89. The first-order chi connectivity index (χ1) is 11.3. The lowest BCUT2D eigenvalue weighted by Crippen LogP contribution is -2.22. The molecule has 3 N–H and O–H groups in total. The second kappa shape index (κ2) is 6.71. The molecular formula is C16H16N2O5S. The Morgan fingerprint density at radius 1 is 1.08 bits per heavy atom. The third-order valence-electron chi connectivity index (χ3n) is 3.37. The van der Waals surface area contributed by atoms with E-state index in [1.807, 2.05) is 0 Å². The number of carboxylic acid groups (broad SMARTS) is 1. The highest BCUT2D eigenvalue weighted by Gasteiger charge is 2.21. The van der Waals surface area contributed by atoms with Gasteiger partial charge < -0.3 is 10.4 Å². The van der Waals surface area contributed by atoms with E-state index in [9.17, 15) is 18.0 Å². The van der Waals surface area contributed by atoms with Gasteiger partial charge in [-0.3, -0.25) is 9.52 Å². The molecule has 24 heavy (non-hydrogen) atoms. The molecule has 0 spiro atoms. The fourth-order valence-corrected chi connectivity index (χ4v) is 3.48. The minimum absolute atomic E-state index is 0.108. The first-order valence-corrected chi connectivity index (χ1v) is 8.42. The second-order valence-corrected chi connectivity index (χ2v) is 6.67. The molecule has 0 saturated heterocycles. The van der Waals surface area contributed by atoms with Gasteiger partial charge in [0.15, 0.2) is 0 Å². The minimum atomic E-state index is -4.06. The van der Waals surface area contributed by atoms with Gasteiger partial charge in [-0.25, -0.2) is 13.2 Å². The smallest absolute Gasteiger partial charge is 0.335 e. The van der Waals surface area contributed by atoms with Crippen molar-refractivity contribution in [1.29, 1.82) is 0 Å². The fourth-order valence-electron chi connectivity index (χ4n) is 2.13. The summed E-state index contributed by atoms with van der Waals surface area (Å²) in [5, 5.41) is 11.5. The van der Waals surface area contributed by atoms with E-state index < -0.39 is 21.9 Å². The van der Waals surface area contributed by atoms with Gasteiger partial charge in [0.1, 0.15) is 0 Å². The summed E-state index contributed by atoms with van der Waals surface area (Å²) in [6, 6.07) is 9.97. The molecule has 126 valence electrons. The van der Waals surface area contributed by atoms with Crippen LogP contribution < -0.4 is 10.0 Å². The molecule has 0 bridgehead atoms. The maximum atomic E-state index is 12.6. The molecule has 0 unspecified atom stereocenters. The van der Waals surface area contributed by atoms with Crippen LogP contribution in [0.1, 0.15) is 26.3 Å². The van der Waals surface area contributed by atoms with E-state index in [-0.39, 0.29) is 21.7 Å². The summed E-state index contributed by atoms with van der Waals surface area (Å²) < 4.78 is 27.6. The second-order valence-electron chi connectivity index (χ2n) is 5.02. The summed E-state index contributed by atoms with van der Waals surface area (Å²) in [5.41, 5.74) is 0.526. The quantitative estimate of drug-likeness (QED) is 0.763. The lowest BCUT2D eigenvalue weighted by Gasteiger charge is -2.13. The van der Waals surface area contributed by atoms with Gasteiger partial charge in [0.25, 0.3) is 15.9 Å². The van der Waals surface area contributed by atoms with Crippen LogP contribution in [0, 0.1) is 6.92 Å². The van der Waals surface area contributed by atoms with Gasteiger partial charge in [-0.15, -0.1) is 0 Å². The van der Waals surface area contributed by atoms with Crippen LogP contribution >= 0.6 is 0 Å². The maximum Gasteiger partial charge on any atom is 0.335 e. The lowest BCUT2D eigenvalue weighted by atomic mass is 10.1. The molecule has 0 aromatic heterocycles. The van der Waals surface area contributed by atoms with Crippen molar-refractivity contribution in [3.8, 4) is 0 Å². The number of rotatable bonds is 5. The molecule has 2 rings (SSSR count). The van der Waals surface area contributed by atoms with Crippen molar-refractivity contribution in [2.75, 3.05) is 11.8 Å². The third-order valence-corrected chi connectivity index (χ3v) is 4.88. The van der Waals surface area contributed by atoms with Crippen LogP contribution in [0.2, 0.25) is 0 Å². The van der Waals surface area contributed by atoms with Crippen LogP contribution in [0.5, 0.6) is 0 Å². The zero-order valence-electron chi connectivity index (χ0n) is 13.0. The first kappa shape index (κ1) is 17.5. The SMILES string of the molecule is CNC(=O)c1ccccc1NS(=O)(=O)c1cc(C(=O)O)ccc1C. The van der Waals surface area contributed by atoms with Gasteiger partial charge in [0.2, 0.25) is 0 Å². The van der Waals surface area contributed by atoms with Crippen molar-refractivity contribution in [3.63, 3.8) is 0 Å². The number of nitrogens with one attached hydrogen (secondary N) is 2. The first-order valence-electron chi connectivity index (χ1n) is 6.94. The van der Waals surface area contributed by atoms with E-state index in [1.54, 1.807) is 19.1 Å². The van der Waals surface area contributed by atoms with Gasteiger partial charge in [-0.05, 0) is 36.8 Å². The van der Waals surface area contributed by atoms with Crippen LogP contribution in [-0.4, -0.2) is 32.4 Å². The zero-order chi connectivity index (χ0) is 17.9. The summed E-state index contributed by atoms with van der Waals surface area (Å²) >= 11 is 0. The molecule has 0 aliphatic carbocycles. The zero-order valence-corrected chi connectivity index (χ0v) is 13.8. The number of hydrogen-bond donors (Lipinski definition) is 3. The van der Waals surface area contributed by atoms with Crippen molar-refractivity contribution < 1.29 is 23.1 Å². The number of aromatic carboxylic acids is 1. The molecule has 0 fully saturated rings. The molecule has 0 saturated carbocycles. The number of aryl methyl sites for hydroxylation is 1. The molecule has 1 amide bonds. The van der Waals surface area contributed by atoms with E-state index in [0.29, 0.717) is 5.56 Å². The number of carbonyl (C=O) groups excluding carboxylic acids is 1. The predicted octanol–water partition coefficient (Wildman–Crippen LogP) is 1.85. The Balaban J connectivity index is 2.49. The molecule has 7 nitrogen and oxygen atoms in total. The van der Waals surface area contributed by atoms with Crippen molar-refractivity contribution in [2.24, 2.45) is 0 Å². The van der Waals surface area contributed by atoms with Crippen molar-refractivity contribution in [2.45, 2.75) is 11.8 Å². The van der Waals surface area contributed by atoms with Gasteiger partial charge >= 0.3 is 5.97 Å². The molecular weight excluding hydrogens is 332 g/mol. The molecule has 2 aromatic carbocycles. The number of para-hydroxylation sites is 1. The summed E-state index contributed by atoms with van der Waals surface area (Å²) in [4.78, 5) is 22.7. The molecule has 0 aliphatic heterocycles. The van der Waals surface area contributed by atoms with Crippen LogP contribution in [0.3, 0.4) is 0 Å². The Morgan fingerprint density at radius 3 is 2.38 bits per heavy atom. The largest absolute Gasteiger partial charge is 0.478 e. The number of carbonyl (C=O) groups is 2. The Labute approximate surface area is 139 Å². The van der Waals surface area contributed by atoms with E-state index >= 15 is 0 Å². The number of sulfonamides is 1. The van der Waals surface area contributed by atoms with Gasteiger partial charge in [0, 0.05) is 7.05 Å². The summed E-state index contributed by atoms with van der Waals surface area (Å²) in [6.45, 7) is 1.56. The van der Waals surface area contributed by atoms with Crippen LogP contribution in [0.4, 0.5) is 5.69 Å². The van der Waals surface area contributed by atoms with E-state index in [2.05, 4.69) is 10.0 Å². The Morgan fingerprint density at radius 2 is 1.75 bits per heavy atom. The van der Waals surface area contributed by atoms with Crippen LogP contribution in [0.15, 0.2) is 47.4 Å². The summed E-state index contributed by atoms with van der Waals surface area (Å²) in [5.74, 6) is -1.67. The van der Waals surface area contributed by atoms with Gasteiger partial charge in [-0.2, -0.15) is 0 Å². The number of amides is 1. The predicted molar refractivity (Wildman–Crippen MR) is 88.8 cm³/mol. The highest BCUT2D eigenvalue weighted by atomic mass is 32.2. The minimum Gasteiger partial charge on any atom is -0.478 e. The normalized spacial score (nSPS) is 10.9. The molecule has 0 atom stereocenters. The standard InChI is InChI=1S/C16H16N2O5S/c1-10-7-8-11(16(20)21)9-14(10)24(22,23)18-13-6-4-3-5-12(13)15(19)17-2/h3-9,18H,1-2H3,(H,17,19)(H,20,21). The Hall–Kier alpha value is -2.87. The van der Waals surface area contributed by atoms with E-state index in [1.165, 1.54) is 31.3 Å². The molecule has 0 radical (unpaired) electrons. The summed E-state index contributed by atoms with van der Waals surface area (Å²) in [6.07, 6.45) is 0. The molecule has 0 aliphatic rings. The van der Waals surface area contributed by atoms with Crippen molar-refractivity contribution in [3.05, 3.63) is 59.2 Å². The Bertz CT molecular complexity index is 906. The van der Waals surface area contributed by atoms with E-state index in [0.717, 1.165) is 6.07 Å². The number of anilines is 1. The topological polar surface area (TPSA) is 113 Å². The van der Waals surface area contributed by atoms with Crippen molar-refractivity contribution >= 4 is 27.6 Å². The summed E-state index contributed by atoms with van der Waals surface area (Å²) in [7, 11) is -2.62. The lowest BCUT2D eigenvalue weighted by molar-refractivity contribution is 0.0696. The highest BCUT2D eigenvalue weighted by molar-refractivity contribution is 7.92. The highest BCUT2D eigenvalue weighted by Crippen LogP contribution is 2.23. The van der Waals surface area contributed by atoms with Gasteiger partial charge in [-0.1, -0.05) is 18.2 Å². The maximum absolute atomic E-state index is 12.6. The van der Waals surface area contributed by atoms with E-state index in [4.69, 9.17) is 5.11 Å². The van der Waals surface area contributed by atoms with Crippen LogP contribution in [0.25, 0.3) is 0 Å². The number of hydrogen-bond acceptors (Lipinski definition) is 4. The molecule has 2 aromatic rings.